The average Bonchev–Trinajstić information content (AvgIpc) is 3.29. The molecule has 1 unspecified atom stereocenters. The predicted molar refractivity (Wildman–Crippen MR) is 103 cm³/mol. The summed E-state index contributed by atoms with van der Waals surface area (Å²) in [5.74, 6) is 0.674. The number of ether oxygens (including phenoxy) is 2. The molecule has 4 heterocycles. The van der Waals surface area contributed by atoms with Crippen molar-refractivity contribution in [1.82, 2.24) is 24.5 Å². The van der Waals surface area contributed by atoms with Crippen LogP contribution < -0.4 is 4.74 Å². The number of fused-ring (bicyclic) bond motifs is 1. The topological polar surface area (TPSA) is 81.8 Å². The Morgan fingerprint density at radius 1 is 1.18 bits per heavy atom. The van der Waals surface area contributed by atoms with Crippen LogP contribution in [0.3, 0.4) is 0 Å². The van der Waals surface area contributed by atoms with E-state index >= 15 is 0 Å². The van der Waals surface area contributed by atoms with Gasteiger partial charge in [-0.3, -0.25) is 4.98 Å². The van der Waals surface area contributed by atoms with Gasteiger partial charge in [0.15, 0.2) is 5.65 Å². The van der Waals surface area contributed by atoms with Gasteiger partial charge in [-0.15, -0.1) is 0 Å². The number of carbonyl (C=O) groups is 1. The molecule has 3 aromatic rings. The Hall–Kier alpha value is -3.16. The van der Waals surface area contributed by atoms with E-state index in [1.165, 1.54) is 0 Å². The van der Waals surface area contributed by atoms with Gasteiger partial charge in [-0.25, -0.2) is 14.3 Å². The zero-order valence-corrected chi connectivity index (χ0v) is 16.2. The molecule has 1 saturated heterocycles. The summed E-state index contributed by atoms with van der Waals surface area (Å²) in [6.07, 6.45) is 7.46. The number of amides is 1. The molecule has 0 spiro atoms. The number of hydrogen-bond donors (Lipinski definition) is 0. The van der Waals surface area contributed by atoms with E-state index in [-0.39, 0.29) is 12.2 Å². The van der Waals surface area contributed by atoms with Gasteiger partial charge in [0.05, 0.1) is 24.6 Å². The molecule has 0 N–H and O–H groups in total. The maximum Gasteiger partial charge on any atom is 0.410 e. The summed E-state index contributed by atoms with van der Waals surface area (Å²) < 4.78 is 13.1. The lowest BCUT2D eigenvalue weighted by Crippen LogP contribution is -2.36. The lowest BCUT2D eigenvalue weighted by molar-refractivity contribution is 0.0275. The van der Waals surface area contributed by atoms with Gasteiger partial charge in [-0.1, -0.05) is 0 Å². The van der Waals surface area contributed by atoms with Crippen molar-refractivity contribution in [2.75, 3.05) is 13.1 Å². The minimum atomic E-state index is -0.496. The first-order valence-corrected chi connectivity index (χ1v) is 9.28. The van der Waals surface area contributed by atoms with Crippen LogP contribution in [-0.4, -0.2) is 55.4 Å². The molecular formula is C20H23N5O3. The van der Waals surface area contributed by atoms with Crippen molar-refractivity contribution in [3.05, 3.63) is 43.0 Å². The van der Waals surface area contributed by atoms with E-state index in [0.717, 1.165) is 23.3 Å². The highest BCUT2D eigenvalue weighted by Gasteiger charge is 2.30. The number of pyridine rings is 1. The van der Waals surface area contributed by atoms with E-state index in [9.17, 15) is 4.79 Å². The van der Waals surface area contributed by atoms with Crippen molar-refractivity contribution < 1.29 is 14.3 Å². The van der Waals surface area contributed by atoms with E-state index < -0.39 is 5.60 Å². The molecule has 4 rings (SSSR count). The quantitative estimate of drug-likeness (QED) is 0.693. The maximum atomic E-state index is 12.2. The Labute approximate surface area is 163 Å². The molecule has 1 fully saturated rings. The zero-order valence-electron chi connectivity index (χ0n) is 16.2. The molecule has 1 amide bonds. The smallest absolute Gasteiger partial charge is 0.410 e. The van der Waals surface area contributed by atoms with Crippen molar-refractivity contribution in [3.8, 4) is 17.0 Å². The number of nitrogens with zero attached hydrogens (tertiary/aromatic N) is 5. The SMILES string of the molecule is CC(C)(C)OC(=O)N1CCC(Oc2ccc(-c3cnc4ccnn4c3)nc2)C1. The fourth-order valence-electron chi connectivity index (χ4n) is 3.07. The second-order valence-corrected chi connectivity index (χ2v) is 7.81. The van der Waals surface area contributed by atoms with Crippen LogP contribution in [0.5, 0.6) is 5.75 Å². The van der Waals surface area contributed by atoms with E-state index in [1.807, 2.05) is 45.2 Å². The van der Waals surface area contributed by atoms with Crippen LogP contribution in [0.2, 0.25) is 0 Å². The Morgan fingerprint density at radius 2 is 2.04 bits per heavy atom. The lowest BCUT2D eigenvalue weighted by Gasteiger charge is -2.24. The zero-order chi connectivity index (χ0) is 19.7. The largest absolute Gasteiger partial charge is 0.487 e. The van der Waals surface area contributed by atoms with Crippen molar-refractivity contribution in [2.24, 2.45) is 0 Å². The summed E-state index contributed by atoms with van der Waals surface area (Å²) in [7, 11) is 0. The third-order valence-electron chi connectivity index (χ3n) is 4.38. The molecule has 0 bridgehead atoms. The number of aromatic nitrogens is 4. The summed E-state index contributed by atoms with van der Waals surface area (Å²) in [5, 5.41) is 4.19. The van der Waals surface area contributed by atoms with E-state index in [0.29, 0.717) is 18.8 Å². The molecule has 0 aliphatic carbocycles. The second kappa shape index (κ2) is 7.10. The number of carbonyl (C=O) groups excluding carboxylic acids is 1. The lowest BCUT2D eigenvalue weighted by atomic mass is 10.2. The van der Waals surface area contributed by atoms with Crippen molar-refractivity contribution >= 4 is 11.7 Å². The van der Waals surface area contributed by atoms with E-state index in [4.69, 9.17) is 9.47 Å². The van der Waals surface area contributed by atoms with Gasteiger partial charge < -0.3 is 14.4 Å². The molecule has 28 heavy (non-hydrogen) atoms. The van der Waals surface area contributed by atoms with Crippen LogP contribution in [0, 0.1) is 0 Å². The number of rotatable bonds is 3. The van der Waals surface area contributed by atoms with Gasteiger partial charge in [0.1, 0.15) is 17.5 Å². The average molecular weight is 381 g/mol. The molecule has 146 valence electrons. The Balaban J connectivity index is 1.38. The molecule has 0 aromatic carbocycles. The summed E-state index contributed by atoms with van der Waals surface area (Å²) in [6, 6.07) is 5.62. The molecule has 1 atom stereocenters. The van der Waals surface area contributed by atoms with Crippen LogP contribution in [0.4, 0.5) is 4.79 Å². The highest BCUT2D eigenvalue weighted by molar-refractivity contribution is 5.68. The van der Waals surface area contributed by atoms with Crippen LogP contribution >= 0.6 is 0 Å². The van der Waals surface area contributed by atoms with Crippen LogP contribution in [-0.2, 0) is 4.74 Å². The fourth-order valence-corrected chi connectivity index (χ4v) is 3.07. The van der Waals surface area contributed by atoms with Gasteiger partial charge in [0.2, 0.25) is 0 Å². The van der Waals surface area contributed by atoms with E-state index in [1.54, 1.807) is 28.0 Å². The second-order valence-electron chi connectivity index (χ2n) is 7.81. The van der Waals surface area contributed by atoms with Crippen molar-refractivity contribution in [3.63, 3.8) is 0 Å². The van der Waals surface area contributed by atoms with E-state index in [2.05, 4.69) is 15.1 Å². The Morgan fingerprint density at radius 3 is 2.79 bits per heavy atom. The standard InChI is InChI=1S/C20H23N5O3/c1-20(2,3)28-19(26)24-9-7-16(13-24)27-15-4-5-17(21-11-15)14-10-22-18-6-8-23-25(18)12-14/h4-6,8,10-12,16H,7,9,13H2,1-3H3. The molecular weight excluding hydrogens is 358 g/mol. The van der Waals surface area contributed by atoms with Crippen molar-refractivity contribution in [1.29, 1.82) is 0 Å². The van der Waals surface area contributed by atoms with Gasteiger partial charge in [0.25, 0.3) is 0 Å². The summed E-state index contributed by atoms with van der Waals surface area (Å²) in [5.41, 5.74) is 1.96. The first-order valence-electron chi connectivity index (χ1n) is 9.28. The monoisotopic (exact) mass is 381 g/mol. The number of hydrogen-bond acceptors (Lipinski definition) is 6. The van der Waals surface area contributed by atoms with Crippen LogP contribution in [0.25, 0.3) is 16.9 Å². The predicted octanol–water partition coefficient (Wildman–Crippen LogP) is 3.18. The highest BCUT2D eigenvalue weighted by atomic mass is 16.6. The molecule has 8 heteroatoms. The van der Waals surface area contributed by atoms with Gasteiger partial charge in [-0.2, -0.15) is 5.10 Å². The minimum Gasteiger partial charge on any atom is -0.487 e. The van der Waals surface area contributed by atoms with Gasteiger partial charge in [0, 0.05) is 37.0 Å². The molecule has 3 aromatic heterocycles. The normalized spacial score (nSPS) is 17.1. The molecule has 0 saturated carbocycles. The molecule has 1 aliphatic heterocycles. The molecule has 0 radical (unpaired) electrons. The summed E-state index contributed by atoms with van der Waals surface area (Å²) in [6.45, 7) is 6.72. The highest BCUT2D eigenvalue weighted by Crippen LogP contribution is 2.23. The molecule has 1 aliphatic rings. The maximum absolute atomic E-state index is 12.2. The fraction of sp³-hybridized carbons (Fsp3) is 0.400. The summed E-state index contributed by atoms with van der Waals surface area (Å²) in [4.78, 5) is 22.7. The van der Waals surface area contributed by atoms with Gasteiger partial charge >= 0.3 is 6.09 Å². The minimum absolute atomic E-state index is 0.0674. The first kappa shape index (κ1) is 18.2. The van der Waals surface area contributed by atoms with Crippen LogP contribution in [0.1, 0.15) is 27.2 Å². The van der Waals surface area contributed by atoms with Crippen molar-refractivity contribution in [2.45, 2.75) is 38.9 Å². The third kappa shape index (κ3) is 4.05. The third-order valence-corrected chi connectivity index (χ3v) is 4.38. The number of likely N-dealkylation sites (tertiary alicyclic amines) is 1. The Kier molecular flexibility index (Phi) is 4.62. The summed E-state index contributed by atoms with van der Waals surface area (Å²) >= 11 is 0. The Bertz CT molecular complexity index is 977. The van der Waals surface area contributed by atoms with Crippen LogP contribution in [0.15, 0.2) is 43.0 Å². The molecule has 8 nitrogen and oxygen atoms in total. The van der Waals surface area contributed by atoms with Gasteiger partial charge in [-0.05, 0) is 32.9 Å². The first-order chi connectivity index (χ1) is 13.4.